The molecule has 0 aliphatic heterocycles. The van der Waals surface area contributed by atoms with Gasteiger partial charge in [-0.05, 0) is 49.4 Å². The van der Waals surface area contributed by atoms with Crippen LogP contribution >= 0.6 is 0 Å². The zero-order valence-corrected chi connectivity index (χ0v) is 21.1. The Kier molecular flexibility index (Phi) is 12.3. The maximum Gasteiger partial charge on any atom is 3.00 e. The molecule has 4 aromatic rings. The molecule has 0 radical (unpaired) electrons. The molecule has 0 bridgehead atoms. The number of phenols is 2. The average Bonchev–Trinajstić information content (AvgIpc) is 2.76. The molecule has 0 saturated heterocycles. The van der Waals surface area contributed by atoms with E-state index in [1.54, 1.807) is 43.8 Å². The number of aromatic nitrogens is 2. The van der Waals surface area contributed by atoms with Crippen molar-refractivity contribution in [1.82, 2.24) is 9.97 Å². The number of benzene rings is 2. The standard InChI is InChI=1S/C24H20N2O3.3ClH.Mn/c1-15-3-9-23(27)19(11-15)16-4-7-21(25-13-16)22-8-5-17(14-26-22)20-12-18(29-2)6-10-24(20)28;;;;/h3-14,27-28H,1-2H3;3*1H;/q;;;;+3/p-3. The predicted octanol–water partition coefficient (Wildman–Crippen LogP) is -3.78. The molecule has 9 heteroatoms. The molecule has 2 aromatic carbocycles. The SMILES string of the molecule is COc1ccc(O)c(-c2ccc(-c3ccc(-c4cc(C)ccc4O)cn3)nc2)c1.[Cl-].[Cl-].[Cl-].[Mn+3]. The van der Waals surface area contributed by atoms with Gasteiger partial charge < -0.3 is 52.2 Å². The van der Waals surface area contributed by atoms with Crippen LogP contribution in [0, 0.1) is 6.92 Å². The van der Waals surface area contributed by atoms with Crippen molar-refractivity contribution in [2.45, 2.75) is 6.92 Å². The quantitative estimate of drug-likeness (QED) is 0.258. The second-order valence-corrected chi connectivity index (χ2v) is 6.77. The maximum absolute atomic E-state index is 10.1. The minimum atomic E-state index is 0. The molecule has 0 saturated carbocycles. The van der Waals surface area contributed by atoms with Gasteiger partial charge in [0.2, 0.25) is 0 Å². The van der Waals surface area contributed by atoms with Crippen LogP contribution < -0.4 is 42.0 Å². The Morgan fingerprint density at radius 3 is 1.61 bits per heavy atom. The number of methoxy groups -OCH3 is 1. The van der Waals surface area contributed by atoms with Gasteiger partial charge in [-0.25, -0.2) is 0 Å². The number of phenolic OH excluding ortho intramolecular Hbond substituents is 2. The Labute approximate surface area is 222 Å². The van der Waals surface area contributed by atoms with E-state index in [1.807, 2.05) is 43.3 Å². The summed E-state index contributed by atoms with van der Waals surface area (Å²) in [6.45, 7) is 1.98. The second kappa shape index (κ2) is 13.3. The third kappa shape index (κ3) is 6.76. The molecular formula is C24H20Cl3MnN2O3. The van der Waals surface area contributed by atoms with E-state index < -0.39 is 0 Å². The summed E-state index contributed by atoms with van der Waals surface area (Å²) in [4.78, 5) is 8.99. The van der Waals surface area contributed by atoms with Crippen LogP contribution in [0.3, 0.4) is 0 Å². The van der Waals surface area contributed by atoms with Crippen LogP contribution in [0.1, 0.15) is 5.56 Å². The minimum absolute atomic E-state index is 0. The van der Waals surface area contributed by atoms with Gasteiger partial charge in [-0.15, -0.1) is 0 Å². The molecular weight excluding hydrogens is 526 g/mol. The van der Waals surface area contributed by atoms with E-state index in [-0.39, 0.29) is 65.8 Å². The van der Waals surface area contributed by atoms with Crippen molar-refractivity contribution in [3.63, 3.8) is 0 Å². The summed E-state index contributed by atoms with van der Waals surface area (Å²) in [5.74, 6) is 1.06. The number of hydrogen-bond acceptors (Lipinski definition) is 5. The van der Waals surface area contributed by atoms with Crippen LogP contribution in [-0.4, -0.2) is 27.3 Å². The molecule has 2 N–H and O–H groups in total. The fourth-order valence-corrected chi connectivity index (χ4v) is 3.16. The van der Waals surface area contributed by atoms with Crippen LogP contribution in [0.5, 0.6) is 17.2 Å². The first kappa shape index (κ1) is 30.5. The fourth-order valence-electron chi connectivity index (χ4n) is 3.16. The van der Waals surface area contributed by atoms with Crippen molar-refractivity contribution in [2.75, 3.05) is 7.11 Å². The van der Waals surface area contributed by atoms with E-state index >= 15 is 0 Å². The van der Waals surface area contributed by atoms with Gasteiger partial charge in [-0.1, -0.05) is 23.8 Å². The normalized spacial score (nSPS) is 9.39. The molecule has 0 fully saturated rings. The third-order valence-electron chi connectivity index (χ3n) is 4.77. The van der Waals surface area contributed by atoms with Crippen molar-refractivity contribution in [1.29, 1.82) is 0 Å². The summed E-state index contributed by atoms with van der Waals surface area (Å²) in [5, 5.41) is 20.2. The van der Waals surface area contributed by atoms with Crippen molar-refractivity contribution >= 4 is 0 Å². The first-order valence-corrected chi connectivity index (χ1v) is 9.15. The zero-order chi connectivity index (χ0) is 20.4. The molecule has 0 spiro atoms. The molecule has 2 heterocycles. The van der Waals surface area contributed by atoms with E-state index in [0.717, 1.165) is 33.6 Å². The summed E-state index contributed by atoms with van der Waals surface area (Å²) >= 11 is 0. The van der Waals surface area contributed by atoms with Gasteiger partial charge >= 0.3 is 17.1 Å². The summed E-state index contributed by atoms with van der Waals surface area (Å²) in [6.07, 6.45) is 3.43. The second-order valence-electron chi connectivity index (χ2n) is 6.77. The molecule has 2 aromatic heterocycles. The molecule has 0 amide bonds. The number of aromatic hydroxyl groups is 2. The smallest absolute Gasteiger partial charge is 1.00 e. The van der Waals surface area contributed by atoms with Crippen LogP contribution in [0.25, 0.3) is 33.6 Å². The van der Waals surface area contributed by atoms with E-state index in [1.165, 1.54) is 0 Å². The van der Waals surface area contributed by atoms with Crippen LogP contribution in [0.15, 0.2) is 73.1 Å². The molecule has 33 heavy (non-hydrogen) atoms. The largest absolute Gasteiger partial charge is 3.00 e. The first-order chi connectivity index (χ1) is 14.0. The maximum atomic E-state index is 10.1. The van der Waals surface area contributed by atoms with Gasteiger partial charge in [0.25, 0.3) is 0 Å². The summed E-state index contributed by atoms with van der Waals surface area (Å²) in [5.41, 5.74) is 5.54. The third-order valence-corrected chi connectivity index (χ3v) is 4.77. The fraction of sp³-hybridized carbons (Fsp3) is 0.0833. The number of rotatable bonds is 4. The Bertz CT molecular complexity index is 1170. The summed E-state index contributed by atoms with van der Waals surface area (Å²) < 4.78 is 5.23. The molecule has 0 atom stereocenters. The number of nitrogens with zero attached hydrogens (tertiary/aromatic N) is 2. The number of aryl methyl sites for hydroxylation is 1. The van der Waals surface area contributed by atoms with Gasteiger partial charge in [0.1, 0.15) is 17.2 Å². The van der Waals surface area contributed by atoms with E-state index in [9.17, 15) is 10.2 Å². The summed E-state index contributed by atoms with van der Waals surface area (Å²) in [7, 11) is 1.59. The molecule has 4 rings (SSSR count). The van der Waals surface area contributed by atoms with E-state index in [4.69, 9.17) is 4.74 Å². The number of halogens is 3. The average molecular weight is 546 g/mol. The van der Waals surface area contributed by atoms with Gasteiger partial charge in [0, 0.05) is 34.6 Å². The number of hydrogen-bond donors (Lipinski definition) is 2. The van der Waals surface area contributed by atoms with Crippen LogP contribution in [0.4, 0.5) is 0 Å². The van der Waals surface area contributed by atoms with Crippen molar-refractivity contribution in [3.05, 3.63) is 78.6 Å². The van der Waals surface area contributed by atoms with Crippen molar-refractivity contribution in [2.24, 2.45) is 0 Å². The van der Waals surface area contributed by atoms with Crippen LogP contribution in [0.2, 0.25) is 0 Å². The summed E-state index contributed by atoms with van der Waals surface area (Å²) in [6, 6.07) is 18.1. The van der Waals surface area contributed by atoms with E-state index in [0.29, 0.717) is 11.3 Å². The Morgan fingerprint density at radius 1 is 0.667 bits per heavy atom. The molecule has 172 valence electrons. The molecule has 0 aliphatic rings. The van der Waals surface area contributed by atoms with Crippen LogP contribution in [-0.2, 0) is 17.1 Å². The van der Waals surface area contributed by atoms with Gasteiger partial charge in [0.05, 0.1) is 18.5 Å². The predicted molar refractivity (Wildman–Crippen MR) is 113 cm³/mol. The number of ether oxygens (including phenoxy) is 1. The van der Waals surface area contributed by atoms with Gasteiger partial charge in [0.15, 0.2) is 0 Å². The van der Waals surface area contributed by atoms with Gasteiger partial charge in [-0.2, -0.15) is 0 Å². The van der Waals surface area contributed by atoms with E-state index in [2.05, 4.69) is 9.97 Å². The topological polar surface area (TPSA) is 75.5 Å². The molecule has 0 aliphatic carbocycles. The Hall–Kier alpha value is -2.47. The molecule has 5 nitrogen and oxygen atoms in total. The number of pyridine rings is 2. The monoisotopic (exact) mass is 544 g/mol. The Morgan fingerprint density at radius 2 is 1.15 bits per heavy atom. The Balaban J connectivity index is 0.00000256. The first-order valence-electron chi connectivity index (χ1n) is 9.15. The zero-order valence-electron chi connectivity index (χ0n) is 17.6. The van der Waals surface area contributed by atoms with Crippen molar-refractivity contribution in [3.8, 4) is 50.9 Å². The minimum Gasteiger partial charge on any atom is -1.00 e. The molecule has 0 unspecified atom stereocenters. The van der Waals surface area contributed by atoms with Gasteiger partial charge in [-0.3, -0.25) is 9.97 Å². The van der Waals surface area contributed by atoms with Crippen molar-refractivity contribution < 1.29 is 69.2 Å².